The van der Waals surface area contributed by atoms with Gasteiger partial charge < -0.3 is 5.32 Å². The fraction of sp³-hybridized carbons (Fsp3) is 1.00. The molecule has 5 nitrogen and oxygen atoms in total. The highest BCUT2D eigenvalue weighted by atomic mass is 32.2. The van der Waals surface area contributed by atoms with Crippen LogP contribution in [-0.2, 0) is 10.0 Å². The fourth-order valence-electron chi connectivity index (χ4n) is 2.93. The molecule has 0 aromatic rings. The molecule has 2 heterocycles. The number of nitrogens with zero attached hydrogens (tertiary/aromatic N) is 2. The molecule has 0 saturated carbocycles. The lowest BCUT2D eigenvalue weighted by Crippen LogP contribution is -2.49. The minimum Gasteiger partial charge on any atom is -0.314 e. The monoisotopic (exact) mass is 289 g/mol. The van der Waals surface area contributed by atoms with Gasteiger partial charge in [-0.25, -0.2) is 8.42 Å². The fourth-order valence-corrected chi connectivity index (χ4v) is 4.79. The van der Waals surface area contributed by atoms with E-state index in [0.29, 0.717) is 19.0 Å². The minimum atomic E-state index is -3.09. The Kier molecular flexibility index (Phi) is 5.22. The van der Waals surface area contributed by atoms with Crippen LogP contribution in [0.4, 0.5) is 0 Å². The molecule has 19 heavy (non-hydrogen) atoms. The van der Waals surface area contributed by atoms with Crippen molar-refractivity contribution in [2.24, 2.45) is 5.92 Å². The second kappa shape index (κ2) is 6.52. The second-order valence-corrected chi connectivity index (χ2v) is 8.05. The van der Waals surface area contributed by atoms with Gasteiger partial charge in [-0.15, -0.1) is 0 Å². The number of piperazine rings is 1. The normalized spacial score (nSPS) is 31.5. The Morgan fingerprint density at radius 1 is 1.16 bits per heavy atom. The molecule has 2 rings (SSSR count). The van der Waals surface area contributed by atoms with Gasteiger partial charge in [0.05, 0.1) is 5.75 Å². The van der Waals surface area contributed by atoms with E-state index in [4.69, 9.17) is 0 Å². The molecule has 2 aliphatic rings. The Morgan fingerprint density at radius 2 is 1.84 bits per heavy atom. The minimum absolute atomic E-state index is 0.171. The highest BCUT2D eigenvalue weighted by Gasteiger charge is 2.32. The zero-order valence-corrected chi connectivity index (χ0v) is 13.0. The first-order valence-corrected chi connectivity index (χ1v) is 9.02. The van der Waals surface area contributed by atoms with Crippen molar-refractivity contribution in [3.05, 3.63) is 0 Å². The van der Waals surface area contributed by atoms with Crippen LogP contribution in [0.3, 0.4) is 0 Å². The van der Waals surface area contributed by atoms with E-state index in [1.165, 1.54) is 0 Å². The topological polar surface area (TPSA) is 52.7 Å². The van der Waals surface area contributed by atoms with Crippen LogP contribution in [0, 0.1) is 5.92 Å². The molecular weight excluding hydrogens is 262 g/mol. The van der Waals surface area contributed by atoms with Crippen molar-refractivity contribution in [2.75, 3.05) is 45.0 Å². The number of sulfonamides is 1. The van der Waals surface area contributed by atoms with Crippen molar-refractivity contribution in [1.29, 1.82) is 0 Å². The summed E-state index contributed by atoms with van der Waals surface area (Å²) < 4.78 is 26.7. The third-order valence-corrected chi connectivity index (χ3v) is 6.21. The summed E-state index contributed by atoms with van der Waals surface area (Å²) in [6.07, 6.45) is 2.14. The Labute approximate surface area is 117 Å². The van der Waals surface area contributed by atoms with Gasteiger partial charge in [0.1, 0.15) is 0 Å². The molecule has 2 fully saturated rings. The Bertz CT molecular complexity index is 379. The molecule has 0 bridgehead atoms. The van der Waals surface area contributed by atoms with E-state index in [1.807, 2.05) is 6.92 Å². The lowest BCUT2D eigenvalue weighted by molar-refractivity contribution is 0.214. The van der Waals surface area contributed by atoms with Gasteiger partial charge in [0.15, 0.2) is 0 Å². The Hall–Kier alpha value is -0.170. The number of rotatable bonds is 4. The molecule has 0 aromatic heterocycles. The number of hydrogen-bond acceptors (Lipinski definition) is 4. The molecule has 2 atom stereocenters. The highest BCUT2D eigenvalue weighted by molar-refractivity contribution is 7.89. The summed E-state index contributed by atoms with van der Waals surface area (Å²) in [6, 6.07) is 0.171. The lowest BCUT2D eigenvalue weighted by Gasteiger charge is -2.36. The van der Waals surface area contributed by atoms with Crippen molar-refractivity contribution in [2.45, 2.75) is 32.7 Å². The van der Waals surface area contributed by atoms with Gasteiger partial charge in [0.25, 0.3) is 0 Å². The van der Waals surface area contributed by atoms with Crippen LogP contribution >= 0.6 is 0 Å². The summed E-state index contributed by atoms with van der Waals surface area (Å²) in [5.74, 6) is 0.759. The molecule has 2 saturated heterocycles. The van der Waals surface area contributed by atoms with Crippen LogP contribution in [0.25, 0.3) is 0 Å². The molecule has 0 radical (unpaired) electrons. The van der Waals surface area contributed by atoms with E-state index in [2.05, 4.69) is 17.1 Å². The molecule has 112 valence electrons. The van der Waals surface area contributed by atoms with Crippen LogP contribution in [0.1, 0.15) is 26.7 Å². The molecule has 2 aliphatic heterocycles. The first-order valence-electron chi connectivity index (χ1n) is 7.41. The maximum Gasteiger partial charge on any atom is 0.215 e. The van der Waals surface area contributed by atoms with E-state index in [-0.39, 0.29) is 11.8 Å². The van der Waals surface area contributed by atoms with Crippen LogP contribution in [0.2, 0.25) is 0 Å². The summed E-state index contributed by atoms with van der Waals surface area (Å²) in [5, 5.41) is 3.29. The zero-order valence-electron chi connectivity index (χ0n) is 12.1. The van der Waals surface area contributed by atoms with Gasteiger partial charge in [0, 0.05) is 45.3 Å². The molecule has 0 spiro atoms. The summed E-state index contributed by atoms with van der Waals surface area (Å²) in [4.78, 5) is 2.24. The third-order valence-electron chi connectivity index (χ3n) is 4.29. The van der Waals surface area contributed by atoms with Crippen LogP contribution in [-0.4, -0.2) is 68.7 Å². The largest absolute Gasteiger partial charge is 0.314 e. The first-order chi connectivity index (χ1) is 8.99. The van der Waals surface area contributed by atoms with E-state index < -0.39 is 10.0 Å². The van der Waals surface area contributed by atoms with Crippen molar-refractivity contribution in [3.8, 4) is 0 Å². The molecule has 6 heteroatoms. The second-order valence-electron chi connectivity index (χ2n) is 6.01. The standard InChI is InChI=1S/C13H27N3O2S/c1-12-3-4-13(2)16(11-12)19(17,18)10-9-15-7-5-14-6-8-15/h12-14H,3-11H2,1-2H3. The Morgan fingerprint density at radius 3 is 2.53 bits per heavy atom. The van der Waals surface area contributed by atoms with Gasteiger partial charge in [0.2, 0.25) is 10.0 Å². The molecule has 2 unspecified atom stereocenters. The summed E-state index contributed by atoms with van der Waals surface area (Å²) in [5.41, 5.74) is 0. The van der Waals surface area contributed by atoms with Crippen LogP contribution in [0.5, 0.6) is 0 Å². The number of hydrogen-bond donors (Lipinski definition) is 1. The lowest BCUT2D eigenvalue weighted by atomic mass is 9.97. The quantitative estimate of drug-likeness (QED) is 0.811. The summed E-state index contributed by atoms with van der Waals surface area (Å²) >= 11 is 0. The van der Waals surface area contributed by atoms with Gasteiger partial charge in [-0.3, -0.25) is 4.90 Å². The zero-order chi connectivity index (χ0) is 13.9. The number of nitrogens with one attached hydrogen (secondary N) is 1. The maximum absolute atomic E-state index is 12.5. The average Bonchev–Trinajstić information content (AvgIpc) is 2.40. The molecule has 1 N–H and O–H groups in total. The molecule has 0 aliphatic carbocycles. The predicted molar refractivity (Wildman–Crippen MR) is 77.7 cm³/mol. The smallest absolute Gasteiger partial charge is 0.215 e. The van der Waals surface area contributed by atoms with Crippen LogP contribution in [0.15, 0.2) is 0 Å². The number of piperidine rings is 1. The third kappa shape index (κ3) is 4.15. The van der Waals surface area contributed by atoms with Gasteiger partial charge >= 0.3 is 0 Å². The van der Waals surface area contributed by atoms with E-state index >= 15 is 0 Å². The Balaban J connectivity index is 1.89. The molecular formula is C13H27N3O2S. The summed E-state index contributed by atoms with van der Waals surface area (Å²) in [6.45, 7) is 9.41. The van der Waals surface area contributed by atoms with Crippen molar-refractivity contribution < 1.29 is 8.42 Å². The summed E-state index contributed by atoms with van der Waals surface area (Å²) in [7, 11) is -3.09. The molecule has 0 aromatic carbocycles. The maximum atomic E-state index is 12.5. The SMILES string of the molecule is CC1CCC(C)N(S(=O)(=O)CCN2CCNCC2)C1. The van der Waals surface area contributed by atoms with E-state index in [9.17, 15) is 8.42 Å². The molecule has 0 amide bonds. The van der Waals surface area contributed by atoms with E-state index in [0.717, 1.165) is 39.0 Å². The van der Waals surface area contributed by atoms with Crippen LogP contribution < -0.4 is 5.32 Å². The highest BCUT2D eigenvalue weighted by Crippen LogP contribution is 2.24. The van der Waals surface area contributed by atoms with Crippen molar-refractivity contribution >= 4 is 10.0 Å². The first kappa shape index (κ1) is 15.2. The van der Waals surface area contributed by atoms with Gasteiger partial charge in [-0.2, -0.15) is 4.31 Å². The van der Waals surface area contributed by atoms with Gasteiger partial charge in [-0.1, -0.05) is 6.92 Å². The van der Waals surface area contributed by atoms with Gasteiger partial charge in [-0.05, 0) is 25.7 Å². The average molecular weight is 289 g/mol. The van der Waals surface area contributed by atoms with Crippen molar-refractivity contribution in [1.82, 2.24) is 14.5 Å². The van der Waals surface area contributed by atoms with Crippen molar-refractivity contribution in [3.63, 3.8) is 0 Å². The predicted octanol–water partition coefficient (Wildman–Crippen LogP) is 0.342. The van der Waals surface area contributed by atoms with E-state index in [1.54, 1.807) is 4.31 Å².